The van der Waals surface area contributed by atoms with Gasteiger partial charge in [0, 0.05) is 17.3 Å². The van der Waals surface area contributed by atoms with Crippen molar-refractivity contribution >= 4 is 23.4 Å². The highest BCUT2D eigenvalue weighted by Crippen LogP contribution is 2.40. The molecule has 1 aromatic rings. The van der Waals surface area contributed by atoms with Crippen LogP contribution in [0.5, 0.6) is 0 Å². The Morgan fingerprint density at radius 2 is 2.17 bits per heavy atom. The zero-order valence-electron chi connectivity index (χ0n) is 14.9. The molecule has 1 aliphatic heterocycles. The van der Waals surface area contributed by atoms with E-state index >= 15 is 0 Å². The van der Waals surface area contributed by atoms with Crippen molar-refractivity contribution in [2.75, 3.05) is 4.90 Å². The lowest BCUT2D eigenvalue weighted by Crippen LogP contribution is -2.49. The van der Waals surface area contributed by atoms with Gasteiger partial charge in [-0.2, -0.15) is 10.4 Å². The number of amides is 1. The number of hydrazone groups is 1. The molecule has 1 aliphatic rings. The van der Waals surface area contributed by atoms with Crippen LogP contribution in [0.25, 0.3) is 5.57 Å². The summed E-state index contributed by atoms with van der Waals surface area (Å²) in [6.45, 7) is 11.0. The molecule has 0 bridgehead atoms. The predicted molar refractivity (Wildman–Crippen MR) is 97.8 cm³/mol. The summed E-state index contributed by atoms with van der Waals surface area (Å²) in [5, 5.41) is 12.4. The molecule has 1 N–H and O–H groups in total. The van der Waals surface area contributed by atoms with Crippen LogP contribution in [0.2, 0.25) is 0 Å². The van der Waals surface area contributed by atoms with Crippen molar-refractivity contribution in [3.63, 3.8) is 0 Å². The number of carbonyl (C=O) groups excluding carboxylic acids is 1. The standard InChI is InChI=1S/C19H24N4O/c1-13(2)23-17-7-6-15(12-21-22-18(24)8-9-20)10-16(17)14(3)11-19(23,4)5/h6-7,10-13H,8H2,1-5H3,(H,22,24)/b21-12+. The van der Waals surface area contributed by atoms with Gasteiger partial charge in [-0.05, 0) is 57.9 Å². The molecular weight excluding hydrogens is 300 g/mol. The smallest absolute Gasteiger partial charge is 0.254 e. The second-order valence-corrected chi connectivity index (χ2v) is 6.85. The molecule has 1 aromatic carbocycles. The molecule has 0 atom stereocenters. The molecule has 0 spiro atoms. The lowest BCUT2D eigenvalue weighted by Gasteiger charge is -2.46. The SMILES string of the molecule is CC1=CC(C)(C)N(C(C)C)c2ccc(/C=N/NC(=O)CC#N)cc21. The van der Waals surface area contributed by atoms with Gasteiger partial charge in [-0.15, -0.1) is 0 Å². The van der Waals surface area contributed by atoms with Gasteiger partial charge >= 0.3 is 0 Å². The van der Waals surface area contributed by atoms with Gasteiger partial charge in [0.2, 0.25) is 0 Å². The van der Waals surface area contributed by atoms with Crippen molar-refractivity contribution < 1.29 is 4.79 Å². The van der Waals surface area contributed by atoms with E-state index in [9.17, 15) is 4.79 Å². The molecule has 24 heavy (non-hydrogen) atoms. The van der Waals surface area contributed by atoms with Crippen molar-refractivity contribution in [2.24, 2.45) is 5.10 Å². The van der Waals surface area contributed by atoms with E-state index in [0.717, 1.165) is 5.56 Å². The maximum Gasteiger partial charge on any atom is 0.254 e. The van der Waals surface area contributed by atoms with E-state index in [0.29, 0.717) is 6.04 Å². The number of anilines is 1. The second-order valence-electron chi connectivity index (χ2n) is 6.85. The first-order valence-corrected chi connectivity index (χ1v) is 8.08. The first-order chi connectivity index (χ1) is 11.3. The fourth-order valence-electron chi connectivity index (χ4n) is 3.38. The van der Waals surface area contributed by atoms with Crippen molar-refractivity contribution in [2.45, 2.75) is 52.6 Å². The molecule has 0 saturated carbocycles. The van der Waals surface area contributed by atoms with Gasteiger partial charge in [-0.25, -0.2) is 5.43 Å². The summed E-state index contributed by atoms with van der Waals surface area (Å²) in [6, 6.07) is 8.34. The number of hydrogen-bond acceptors (Lipinski definition) is 4. The highest BCUT2D eigenvalue weighted by Gasteiger charge is 2.32. The largest absolute Gasteiger partial charge is 0.360 e. The van der Waals surface area contributed by atoms with E-state index in [1.807, 2.05) is 6.07 Å². The normalized spacial score (nSPS) is 15.9. The fraction of sp³-hybridized carbons (Fsp3) is 0.421. The third-order valence-electron chi connectivity index (χ3n) is 4.05. The van der Waals surface area contributed by atoms with Crippen LogP contribution in [0.1, 0.15) is 52.2 Å². The average molecular weight is 324 g/mol. The number of nitriles is 1. The van der Waals surface area contributed by atoms with Crippen molar-refractivity contribution in [1.29, 1.82) is 5.26 Å². The van der Waals surface area contributed by atoms with E-state index < -0.39 is 5.91 Å². The monoisotopic (exact) mass is 324 g/mol. The van der Waals surface area contributed by atoms with Gasteiger partial charge in [-0.3, -0.25) is 4.79 Å². The number of benzene rings is 1. The molecule has 0 fully saturated rings. The second kappa shape index (κ2) is 6.88. The summed E-state index contributed by atoms with van der Waals surface area (Å²) < 4.78 is 0. The van der Waals surface area contributed by atoms with Gasteiger partial charge in [0.05, 0.1) is 17.8 Å². The minimum atomic E-state index is -0.407. The van der Waals surface area contributed by atoms with Crippen LogP contribution >= 0.6 is 0 Å². The molecule has 126 valence electrons. The van der Waals surface area contributed by atoms with Gasteiger partial charge in [0.1, 0.15) is 6.42 Å². The Labute approximate surface area is 143 Å². The van der Waals surface area contributed by atoms with E-state index in [1.165, 1.54) is 16.8 Å². The summed E-state index contributed by atoms with van der Waals surface area (Å²) in [7, 11) is 0. The molecule has 5 heteroatoms. The number of allylic oxidation sites excluding steroid dienone is 1. The Morgan fingerprint density at radius 1 is 1.46 bits per heavy atom. The number of hydrogen-bond donors (Lipinski definition) is 1. The fourth-order valence-corrected chi connectivity index (χ4v) is 3.38. The van der Waals surface area contributed by atoms with Crippen LogP contribution in [0.15, 0.2) is 29.4 Å². The third kappa shape index (κ3) is 3.65. The van der Waals surface area contributed by atoms with Crippen molar-refractivity contribution in [1.82, 2.24) is 5.43 Å². The number of carbonyl (C=O) groups is 1. The summed E-state index contributed by atoms with van der Waals surface area (Å²) in [5.74, 6) is -0.407. The van der Waals surface area contributed by atoms with Crippen LogP contribution in [-0.4, -0.2) is 23.7 Å². The number of fused-ring (bicyclic) bond motifs is 1. The number of rotatable bonds is 4. The maximum absolute atomic E-state index is 11.2. The lowest BCUT2D eigenvalue weighted by molar-refractivity contribution is -0.120. The van der Waals surface area contributed by atoms with Crippen LogP contribution in [0, 0.1) is 11.3 Å². The van der Waals surface area contributed by atoms with Gasteiger partial charge in [-0.1, -0.05) is 12.1 Å². The number of nitrogens with zero attached hydrogens (tertiary/aromatic N) is 3. The third-order valence-corrected chi connectivity index (χ3v) is 4.05. The van der Waals surface area contributed by atoms with E-state index in [-0.39, 0.29) is 12.0 Å². The van der Waals surface area contributed by atoms with Crippen LogP contribution < -0.4 is 10.3 Å². The molecule has 0 aromatic heterocycles. The van der Waals surface area contributed by atoms with Crippen LogP contribution in [-0.2, 0) is 4.79 Å². The molecule has 1 amide bonds. The average Bonchev–Trinajstić information content (AvgIpc) is 2.46. The van der Waals surface area contributed by atoms with Crippen LogP contribution in [0.4, 0.5) is 5.69 Å². The Hall–Kier alpha value is -2.61. The van der Waals surface area contributed by atoms with E-state index in [2.05, 4.69) is 68.3 Å². The van der Waals surface area contributed by atoms with Gasteiger partial charge in [0.25, 0.3) is 5.91 Å². The molecule has 0 aliphatic carbocycles. The predicted octanol–water partition coefficient (Wildman–Crippen LogP) is 3.46. The summed E-state index contributed by atoms with van der Waals surface area (Å²) in [4.78, 5) is 13.7. The van der Waals surface area contributed by atoms with Gasteiger partial charge in [0.15, 0.2) is 0 Å². The topological polar surface area (TPSA) is 68.5 Å². The summed E-state index contributed by atoms with van der Waals surface area (Å²) in [5.41, 5.74) is 6.83. The van der Waals surface area contributed by atoms with E-state index in [4.69, 9.17) is 5.26 Å². The highest BCUT2D eigenvalue weighted by molar-refractivity contribution is 5.88. The molecule has 2 rings (SSSR count). The maximum atomic E-state index is 11.2. The van der Waals surface area contributed by atoms with Crippen LogP contribution in [0.3, 0.4) is 0 Å². The molecule has 0 unspecified atom stereocenters. The minimum Gasteiger partial charge on any atom is -0.360 e. The number of nitrogens with one attached hydrogen (secondary N) is 1. The quantitative estimate of drug-likeness (QED) is 0.681. The minimum absolute atomic E-state index is 0.0356. The molecule has 5 nitrogen and oxygen atoms in total. The van der Waals surface area contributed by atoms with Gasteiger partial charge < -0.3 is 4.90 Å². The Balaban J connectivity index is 2.31. The summed E-state index contributed by atoms with van der Waals surface area (Å²) in [6.07, 6.45) is 3.69. The lowest BCUT2D eigenvalue weighted by atomic mass is 9.87. The van der Waals surface area contributed by atoms with E-state index in [1.54, 1.807) is 12.3 Å². The zero-order valence-corrected chi connectivity index (χ0v) is 14.9. The van der Waals surface area contributed by atoms with Crippen molar-refractivity contribution in [3.8, 4) is 6.07 Å². The molecule has 1 heterocycles. The Morgan fingerprint density at radius 3 is 2.79 bits per heavy atom. The molecular formula is C19H24N4O. The highest BCUT2D eigenvalue weighted by atomic mass is 16.2. The van der Waals surface area contributed by atoms with Crippen molar-refractivity contribution in [3.05, 3.63) is 35.4 Å². The molecule has 0 radical (unpaired) electrons. The zero-order chi connectivity index (χ0) is 17.9. The molecule has 0 saturated heterocycles. The Kier molecular flexibility index (Phi) is 5.08. The first-order valence-electron chi connectivity index (χ1n) is 8.08. The summed E-state index contributed by atoms with van der Waals surface area (Å²) >= 11 is 0. The first kappa shape index (κ1) is 17.7. The Bertz CT molecular complexity index is 738.